The molecule has 1 fully saturated rings. The Morgan fingerprint density at radius 2 is 2.21 bits per heavy atom. The Labute approximate surface area is 184 Å². The van der Waals surface area contributed by atoms with Gasteiger partial charge in [-0.1, -0.05) is 6.42 Å². The Morgan fingerprint density at radius 1 is 1.64 bits per heavy atom. The Hall–Kier alpha value is 3.13. The van der Waals surface area contributed by atoms with Crippen molar-refractivity contribution in [3.05, 3.63) is 11.6 Å². The molecule has 0 N–H and O–H groups in total. The molecule has 2 unspecified atom stereocenters. The molecular weight excluding hydrogens is 637 g/mol. The molecule has 68 valence electrons. The molecule has 3 aliphatic rings. The molecule has 14 heavy (non-hydrogen) atoms. The monoisotopic (exact) mass is 646 g/mol. The van der Waals surface area contributed by atoms with E-state index in [1.54, 1.807) is 0 Å². The summed E-state index contributed by atoms with van der Waals surface area (Å²) in [5, 5.41) is 10.5. The van der Waals surface area contributed by atoms with Crippen LogP contribution in [0.3, 0.4) is 0 Å². The standard InChI is InChI=1S/C8H10NO2.Ra.Rb.W/c1-9-5-2-3-6(8(10)11)7(9)4-5;;;/h5,7H,2,4H2,1H3,(H,10,11);;;/q-1;;+1;/p-1. The molecule has 0 aromatic carbocycles. The molecule has 2 aliphatic heterocycles. The molecule has 3 rings (SSSR count). The summed E-state index contributed by atoms with van der Waals surface area (Å²) in [6.07, 6.45) is 4.57. The summed E-state index contributed by atoms with van der Waals surface area (Å²) < 4.78 is 0. The van der Waals surface area contributed by atoms with Crippen LogP contribution in [0.1, 0.15) is 12.8 Å². The Balaban J connectivity index is 0. The van der Waals surface area contributed by atoms with Crippen LogP contribution >= 0.6 is 0 Å². The van der Waals surface area contributed by atoms with Gasteiger partial charge < -0.3 is 14.8 Å². The molecule has 2 heterocycles. The first kappa shape index (κ1) is 19.5. The number of carbonyl (C=O) groups is 1. The Bertz CT molecular complexity index is 249. The molecule has 0 amide bonds. The summed E-state index contributed by atoms with van der Waals surface area (Å²) >= 11 is 0. The van der Waals surface area contributed by atoms with E-state index in [0.717, 1.165) is 12.8 Å². The minimum Gasteiger partial charge on any atom is -0.658 e. The van der Waals surface area contributed by atoms with Gasteiger partial charge in [-0.3, -0.25) is 6.08 Å². The summed E-state index contributed by atoms with van der Waals surface area (Å²) in [5.74, 6) is -1.06. The van der Waals surface area contributed by atoms with Crippen molar-refractivity contribution in [2.75, 3.05) is 7.05 Å². The predicted octanol–water partition coefficient (Wildman–Crippen LogP) is -4.06. The number of hydrogen-bond acceptors (Lipinski definition) is 3. The molecule has 1 aliphatic carbocycles. The van der Waals surface area contributed by atoms with E-state index in [4.69, 9.17) is 0 Å². The van der Waals surface area contributed by atoms with Crippen LogP contribution in [0.5, 0.6) is 0 Å². The minimum absolute atomic E-state index is 0. The van der Waals surface area contributed by atoms with Crippen LogP contribution in [0.15, 0.2) is 5.57 Å². The fraction of sp³-hybridized carbons (Fsp3) is 0.625. The first-order valence-corrected chi connectivity index (χ1v) is 3.74. The summed E-state index contributed by atoms with van der Waals surface area (Å²) in [5.41, 5.74) is 0.356. The van der Waals surface area contributed by atoms with E-state index in [9.17, 15) is 9.90 Å². The zero-order chi connectivity index (χ0) is 8.01. The van der Waals surface area contributed by atoms with Crippen LogP contribution in [0, 0.1) is 51.1 Å². The Morgan fingerprint density at radius 3 is 2.50 bits per heavy atom. The first-order chi connectivity index (χ1) is 5.20. The average Bonchev–Trinajstić information content (AvgIpc) is 2.03. The van der Waals surface area contributed by atoms with Gasteiger partial charge >= 0.3 is 58.2 Å². The van der Waals surface area contributed by atoms with E-state index >= 15 is 0 Å². The number of nitrogens with zero attached hydrogens (tertiary/aromatic N) is 1. The number of hydrogen-bond donors (Lipinski definition) is 0. The van der Waals surface area contributed by atoms with Crippen LogP contribution in [0.25, 0.3) is 0 Å². The van der Waals surface area contributed by atoms with Gasteiger partial charge in [0.05, 0.1) is 0 Å². The molecule has 0 spiro atoms. The third kappa shape index (κ3) is 3.82. The van der Waals surface area contributed by atoms with Gasteiger partial charge in [0, 0.05) is 72.1 Å². The van der Waals surface area contributed by atoms with E-state index in [1.807, 2.05) is 7.05 Å². The third-order valence-electron chi connectivity index (χ3n) is 2.64. The normalized spacial score (nSPS) is 28.2. The maximum absolute atomic E-state index is 10.5. The van der Waals surface area contributed by atoms with Gasteiger partial charge in [0.2, 0.25) is 0 Å². The van der Waals surface area contributed by atoms with Crippen molar-refractivity contribution in [2.24, 2.45) is 0 Å². The summed E-state index contributed by atoms with van der Waals surface area (Å²) in [4.78, 5) is 12.6. The van der Waals surface area contributed by atoms with Crippen molar-refractivity contribution in [1.29, 1.82) is 0 Å². The molecule has 6 heteroatoms. The summed E-state index contributed by atoms with van der Waals surface area (Å²) in [6.45, 7) is 0. The van der Waals surface area contributed by atoms with Gasteiger partial charge in [-0.25, -0.2) is 0 Å². The second-order valence-electron chi connectivity index (χ2n) is 3.15. The average molecular weight is 646 g/mol. The zero-order valence-corrected chi connectivity index (χ0v) is 22.1. The second-order valence-corrected chi connectivity index (χ2v) is 3.15. The SMILES string of the molecule is CN1C2C[C-]=C(C(=O)[O-])C1C2.[Ra].[Rb+].[W]. The quantitative estimate of drug-likeness (QED) is 0.273. The molecule has 0 saturated carbocycles. The van der Waals surface area contributed by atoms with Crippen LogP contribution in [0.4, 0.5) is 0 Å². The topological polar surface area (TPSA) is 43.4 Å². The van der Waals surface area contributed by atoms with E-state index < -0.39 is 5.97 Å². The molecular formula is C8H9NO2RaRbW-. The van der Waals surface area contributed by atoms with Crippen LogP contribution in [-0.2, 0) is 25.9 Å². The molecule has 2 atom stereocenters. The van der Waals surface area contributed by atoms with E-state index in [-0.39, 0.29) is 130 Å². The van der Waals surface area contributed by atoms with Gasteiger partial charge in [0.25, 0.3) is 0 Å². The number of carboxylic acid groups (broad SMARTS) is 1. The van der Waals surface area contributed by atoms with E-state index in [1.165, 1.54) is 0 Å². The minimum atomic E-state index is -1.06. The molecule has 2 bridgehead atoms. The number of fused-ring (bicyclic) bond motifs is 1. The number of carbonyl (C=O) groups excluding carboxylic acids is 1. The summed E-state index contributed by atoms with van der Waals surface area (Å²) in [6, 6.07) is 0.613. The van der Waals surface area contributed by atoms with Gasteiger partial charge in [0.1, 0.15) is 0 Å². The third-order valence-corrected chi connectivity index (χ3v) is 2.64. The van der Waals surface area contributed by atoms with Crippen molar-refractivity contribution >= 4 is 5.97 Å². The maximum Gasteiger partial charge on any atom is 1.00 e. The predicted molar refractivity (Wildman–Crippen MR) is 36.3 cm³/mol. The molecule has 0 aromatic heterocycles. The molecule has 0 aromatic rings. The van der Waals surface area contributed by atoms with E-state index in [0.29, 0.717) is 11.6 Å². The van der Waals surface area contributed by atoms with Gasteiger partial charge in [-0.05, 0) is 19.5 Å². The fourth-order valence-corrected chi connectivity index (χ4v) is 1.81. The largest absolute Gasteiger partial charge is 1.00 e. The van der Waals surface area contributed by atoms with Crippen molar-refractivity contribution in [1.82, 2.24) is 4.90 Å². The second kappa shape index (κ2) is 8.27. The number of carboxylic acids is 1. The number of likely N-dealkylation sites (N-methyl/N-ethyl adjacent to an activating group) is 1. The fourth-order valence-electron chi connectivity index (χ4n) is 1.81. The molecule has 2 radical (unpaired) electrons. The number of rotatable bonds is 1. The summed E-state index contributed by atoms with van der Waals surface area (Å²) in [7, 11) is 1.95. The molecule has 3 nitrogen and oxygen atoms in total. The van der Waals surface area contributed by atoms with Crippen molar-refractivity contribution in [3.8, 4) is 0 Å². The van der Waals surface area contributed by atoms with Gasteiger partial charge in [-0.2, -0.15) is 5.57 Å². The Kier molecular flexibility index (Phi) is 11.5. The number of aliphatic carboxylic acids is 1. The maximum atomic E-state index is 10.5. The van der Waals surface area contributed by atoms with Crippen molar-refractivity contribution < 1.29 is 134 Å². The smallest absolute Gasteiger partial charge is 0.658 e. The first-order valence-electron chi connectivity index (χ1n) is 3.74. The molecule has 1 saturated heterocycles. The van der Waals surface area contributed by atoms with Crippen LogP contribution in [0.2, 0.25) is 0 Å². The van der Waals surface area contributed by atoms with Gasteiger partial charge in [0.15, 0.2) is 0 Å². The van der Waals surface area contributed by atoms with Crippen LogP contribution < -0.4 is 63.3 Å². The van der Waals surface area contributed by atoms with E-state index in [2.05, 4.69) is 11.0 Å². The van der Waals surface area contributed by atoms with Crippen LogP contribution in [-0.4, -0.2) is 30.0 Å². The van der Waals surface area contributed by atoms with Crippen molar-refractivity contribution in [3.63, 3.8) is 0 Å². The van der Waals surface area contributed by atoms with Crippen molar-refractivity contribution in [2.45, 2.75) is 24.9 Å². The van der Waals surface area contributed by atoms with Gasteiger partial charge in [-0.15, -0.1) is 5.97 Å². The zero-order valence-electron chi connectivity index (χ0n) is 8.45.